The van der Waals surface area contributed by atoms with Gasteiger partial charge >= 0.3 is 325 Å². The minimum absolute atomic E-state index is 0. The molecule has 5 saturated heterocycles. The Hall–Kier alpha value is 7.39. The van der Waals surface area contributed by atoms with Crippen LogP contribution in [-0.4, -0.2) is 344 Å². The average Bonchev–Trinajstić information content (AvgIpc) is 0.753. The number of rotatable bonds is 41. The van der Waals surface area contributed by atoms with Gasteiger partial charge in [0.25, 0.3) is 0 Å². The molecule has 75 heteroatoms. The minimum atomic E-state index is -6.75. The van der Waals surface area contributed by atoms with E-state index in [2.05, 4.69) is 37.6 Å². The van der Waals surface area contributed by atoms with Crippen LogP contribution in [0.5, 0.6) is 0 Å². The fourth-order valence-electron chi connectivity index (χ4n) is 11.2. The molecule has 25 atom stereocenters. The van der Waals surface area contributed by atoms with Gasteiger partial charge in [-0.15, -0.1) is 0 Å². The Morgan fingerprint density at radius 3 is 0.874 bits per heavy atom. The van der Waals surface area contributed by atoms with Crippen molar-refractivity contribution in [2.45, 2.75) is 166 Å². The van der Waals surface area contributed by atoms with Gasteiger partial charge in [-0.3, -0.25) is 37.6 Å². The molecule has 0 aromatic heterocycles. The Labute approximate surface area is 924 Å². The largest absolute Gasteiger partial charge is 1.00 e. The molecule has 0 amide bonds. The molecule has 6 rings (SSSR count). The summed E-state index contributed by atoms with van der Waals surface area (Å²) in [5.41, 5.74) is 0.410. The second-order valence-electron chi connectivity index (χ2n) is 21.9. The summed E-state index contributed by atoms with van der Waals surface area (Å²) in [7, 11) is -53.4. The fourth-order valence-corrected chi connectivity index (χ4v) is 15.0. The number of carboxylic acid groups (broad SMARTS) is 2. The van der Waals surface area contributed by atoms with E-state index in [9.17, 15) is 137 Å². The van der Waals surface area contributed by atoms with Gasteiger partial charge in [0.2, 0.25) is 93.6 Å². The number of ether oxygens (including phenoxy) is 15. The minimum Gasteiger partial charge on any atom is -0.726 e. The van der Waals surface area contributed by atoms with Crippen molar-refractivity contribution in [3.05, 3.63) is 35.9 Å². The molecule has 5 fully saturated rings. The van der Waals surface area contributed by atoms with E-state index < -0.39 is 292 Å². The summed E-state index contributed by atoms with van der Waals surface area (Å²) < 4.78 is 454. The van der Waals surface area contributed by atoms with Gasteiger partial charge in [0.15, 0.2) is 55.9 Å². The first-order valence-electron chi connectivity index (χ1n) is 28.8. The molecule has 55 nitrogen and oxygen atoms in total. The van der Waals surface area contributed by atoms with Crippen LogP contribution in [0.3, 0.4) is 0 Å². The quantitative estimate of drug-likeness (QED) is 0.0254. The summed E-state index contributed by atoms with van der Waals surface area (Å²) in [6.45, 7) is -6.41. The number of benzene rings is 1. The molecular formula is C44H57Na11O55S9. The van der Waals surface area contributed by atoms with E-state index in [4.69, 9.17) is 71.1 Å². The molecule has 0 aliphatic carbocycles. The van der Waals surface area contributed by atoms with Gasteiger partial charge in [0.05, 0.1) is 31.8 Å². The van der Waals surface area contributed by atoms with Crippen molar-refractivity contribution < 1.29 is 570 Å². The molecule has 1 aromatic rings. The number of carbonyl (C=O) groups is 2. The molecule has 5 aliphatic heterocycles. The third kappa shape index (κ3) is 45.7. The van der Waals surface area contributed by atoms with Crippen molar-refractivity contribution in [1.82, 2.24) is 0 Å². The molecule has 0 bridgehead atoms. The molecule has 1 aromatic carbocycles. The van der Waals surface area contributed by atoms with E-state index in [1.54, 1.807) is 0 Å². The van der Waals surface area contributed by atoms with E-state index in [0.29, 0.717) is 26.9 Å². The van der Waals surface area contributed by atoms with E-state index in [-0.39, 0.29) is 332 Å². The van der Waals surface area contributed by atoms with Crippen LogP contribution in [0, 0.1) is 0 Å². The molecular weight excluding hydrogens is 1950 g/mol. The van der Waals surface area contributed by atoms with Crippen molar-refractivity contribution in [2.24, 2.45) is 0 Å². The Morgan fingerprint density at radius 2 is 0.563 bits per heavy atom. The molecule has 5 heterocycles. The Kier molecular flexibility index (Phi) is 68.7. The zero-order chi connectivity index (χ0) is 81.4. The number of hydrogen-bond acceptors (Lipinski definition) is 55. The van der Waals surface area contributed by atoms with Crippen molar-refractivity contribution in [1.29, 1.82) is 0 Å². The van der Waals surface area contributed by atoms with Crippen LogP contribution in [-0.2, 0) is 218 Å². The Bertz CT molecular complexity index is 4300. The molecule has 0 spiro atoms. The summed E-state index contributed by atoms with van der Waals surface area (Å²) in [5.74, 6) is -5.39. The molecule has 0 radical (unpaired) electrons. The average molecular weight is 2010 g/mol. The number of hydrogen-bond donors (Lipinski definition) is 0. The van der Waals surface area contributed by atoms with E-state index in [1.807, 2.05) is 0 Å². The summed E-state index contributed by atoms with van der Waals surface area (Å²) >= 11 is 0. The zero-order valence-corrected chi connectivity index (χ0v) is 94.5. The Morgan fingerprint density at radius 1 is 0.303 bits per heavy atom. The van der Waals surface area contributed by atoms with Gasteiger partial charge in [0.1, 0.15) is 97.7 Å². The van der Waals surface area contributed by atoms with Crippen LogP contribution < -0.4 is 335 Å². The van der Waals surface area contributed by atoms with Gasteiger partial charge in [-0.2, -0.15) is 0 Å². The third-order valence-electron chi connectivity index (χ3n) is 15.0. The van der Waals surface area contributed by atoms with Crippen molar-refractivity contribution in [3.63, 3.8) is 0 Å². The van der Waals surface area contributed by atoms with Gasteiger partial charge < -0.3 is 132 Å². The first-order valence-corrected chi connectivity index (χ1v) is 40.8. The predicted octanol–water partition coefficient (Wildman–Crippen LogP) is -46.1. The maximum atomic E-state index is 13.6. The maximum absolute atomic E-state index is 13.6. The molecule has 0 N–H and O–H groups in total. The maximum Gasteiger partial charge on any atom is 1.00 e. The first-order chi connectivity index (χ1) is 49.6. The van der Waals surface area contributed by atoms with Crippen LogP contribution in [0.15, 0.2) is 30.3 Å². The fraction of sp³-hybridized carbons (Fsp3) is 0.818. The SMILES string of the molecule is CO[C@H]1O[C@H](COS(=O)(=O)[O-])[C@@H](O[C@@H]2O[C@@H](C(=O)[O-])[C@@H](O[C@@H]3O[C@H](COS(=O)(=O)[O-])[C@@H](O[C@@H]4O[C@H](C(=O)[O-])[C@@H](O[C@@H]5O[C@H](COS(=O)(=O)[O-])[C@@H](OC)[C@H](OC)[C@H]5OS(=O)(=O)[O-])[C@H](OC)[C@H]4OC)[C@H](OS(=O)(=O)[O-])[C@H]3OS(=O)(=O)[O-])[C@H](OCCCc3ccccc3)[C@H]2OS(=O)(=O)[O-])[C@H](OS(=O)(=O)[O-])[C@H]1OS(=O)(=O)[O-].[Na+].[Na+].[Na+].[Na+].[Na+].[Na+].[Na+].[Na+].[Na+].[Na+].[Na+]. The number of methoxy groups -OCH3 is 5. The predicted molar refractivity (Wildman–Crippen MR) is 302 cm³/mol. The van der Waals surface area contributed by atoms with Gasteiger partial charge in [0, 0.05) is 42.2 Å². The molecule has 119 heavy (non-hydrogen) atoms. The second-order valence-corrected chi connectivity index (χ2v) is 31.1. The zero-order valence-electron chi connectivity index (χ0n) is 65.2. The number of aliphatic carboxylic acids is 2. The monoisotopic (exact) mass is 2010 g/mol. The van der Waals surface area contributed by atoms with Gasteiger partial charge in [-0.25, -0.2) is 75.8 Å². The normalized spacial score (nSPS) is 31.4. The van der Waals surface area contributed by atoms with Crippen LogP contribution in [0.2, 0.25) is 0 Å². The second kappa shape index (κ2) is 59.6. The van der Waals surface area contributed by atoms with E-state index >= 15 is 0 Å². The molecule has 0 saturated carbocycles. The van der Waals surface area contributed by atoms with Crippen LogP contribution >= 0.6 is 0 Å². The van der Waals surface area contributed by atoms with Gasteiger partial charge in [-0.1, -0.05) is 30.3 Å². The number of carbonyl (C=O) groups excluding carboxylic acids is 2. The topological polar surface area (TPSA) is 817 Å². The molecule has 628 valence electrons. The summed E-state index contributed by atoms with van der Waals surface area (Å²) in [5, 5.41) is 26.8. The van der Waals surface area contributed by atoms with Crippen molar-refractivity contribution in [3.8, 4) is 0 Å². The van der Waals surface area contributed by atoms with Crippen molar-refractivity contribution in [2.75, 3.05) is 62.0 Å². The number of aryl methyl sites for hydroxylation is 1. The Balaban J connectivity index is -0.00000290. The molecule has 5 aliphatic rings. The third-order valence-corrected chi connectivity index (χ3v) is 19.0. The van der Waals surface area contributed by atoms with Gasteiger partial charge in [-0.05, 0) is 18.4 Å². The van der Waals surface area contributed by atoms with Crippen LogP contribution in [0.1, 0.15) is 12.0 Å². The molecule has 0 unspecified atom stereocenters. The standard InChI is InChI=1S/C44H68O55S9.11Na/c1-76-21-18(14-82-100(49,50)51)86-42(34(24(21)77-2)96-105(64,65)66)90-27-25(78-3)33(79-4)41(92-31(27)38(45)46)88-23-20(16-84-102(55,56)57)87-43(37(99-108(73,74)75)30(23)95-104(61,62)63)91-28-26(81-13-9-12-17-10-7-6-8-11-17)35(97-106(67,68)69)44(93-32(28)39(47)48)89-22-19(15-83-101(52,53)54)85-40(80-5)36(98-107(70,71)72)29(22)94-103(58,59)60;;;;;;;;;;;/h6-8,10-11,18-37,40-44H,9,12-16H2,1-5H3,(H,45,46)(H,47,48)(H,49,50,51)(H,52,53,54)(H,55,56,57)(H,58,59,60)(H,61,62,63)(H,64,65,66)(H,67,68,69)(H,70,71,72)(H,73,74,75);;;;;;;;;;;/q;11*+1/p-11/t18-,19-,20-,21-,22-,23-,24+,25+,26+,27+,28+,29+,30+,31+,32-,33-,34-,35-,36-,37-,40+,41-,42+,43+,44-;;;;;;;;;;;/m1.........../s1. The summed E-state index contributed by atoms with van der Waals surface area (Å²) in [6, 6.07) is 7.40. The smallest absolute Gasteiger partial charge is 0.726 e. The van der Waals surface area contributed by atoms with E-state index in [0.717, 1.165) is 14.2 Å². The number of carboxylic acids is 2. The summed E-state index contributed by atoms with van der Waals surface area (Å²) in [4.78, 5) is 26.8. The summed E-state index contributed by atoms with van der Waals surface area (Å²) in [6.07, 6.45) is -73.3. The van der Waals surface area contributed by atoms with Crippen molar-refractivity contribution >= 4 is 106 Å². The van der Waals surface area contributed by atoms with E-state index in [1.165, 1.54) is 30.3 Å². The van der Waals surface area contributed by atoms with Crippen LogP contribution in [0.25, 0.3) is 0 Å². The first kappa shape index (κ1) is 137. The van der Waals surface area contributed by atoms with Crippen LogP contribution in [0.4, 0.5) is 0 Å².